The molecule has 0 aromatic rings. The summed E-state index contributed by atoms with van der Waals surface area (Å²) in [6.07, 6.45) is 0. The lowest BCUT2D eigenvalue weighted by molar-refractivity contribution is -0.168. The van der Waals surface area contributed by atoms with Crippen molar-refractivity contribution in [1.82, 2.24) is 0 Å². The Labute approximate surface area is 84.3 Å². The van der Waals surface area contributed by atoms with E-state index in [1.165, 1.54) is 0 Å². The number of rotatable bonds is 3. The lowest BCUT2D eigenvalue weighted by atomic mass is 9.96. The first kappa shape index (κ1) is 12.9. The van der Waals surface area contributed by atoms with Gasteiger partial charge in [-0.25, -0.2) is 0 Å². The summed E-state index contributed by atoms with van der Waals surface area (Å²) in [5.41, 5.74) is -0.639. The van der Waals surface area contributed by atoms with Gasteiger partial charge in [-0.1, -0.05) is 13.8 Å². The van der Waals surface area contributed by atoms with Crippen molar-refractivity contribution >= 4 is 11.9 Å². The molecule has 14 heavy (non-hydrogen) atoms. The second-order valence-corrected chi connectivity index (χ2v) is 4.59. The fraction of sp³-hybridized carbons (Fsp3) is 0.800. The van der Waals surface area contributed by atoms with Crippen molar-refractivity contribution in [2.45, 2.75) is 40.2 Å². The van der Waals surface area contributed by atoms with Crippen LogP contribution >= 0.6 is 0 Å². The molecule has 1 N–H and O–H groups in total. The molecule has 0 amide bonds. The van der Waals surface area contributed by atoms with Crippen LogP contribution in [-0.4, -0.2) is 22.6 Å². The zero-order valence-electron chi connectivity index (χ0n) is 9.33. The standard InChI is InChI=1S/C10H18O4/c1-6(2)7(8(11)12)9(13)14-10(3,4)5/h6-7H,1-5H3,(H,11,12)/t7-/m0/s1. The maximum absolute atomic E-state index is 11.4. The maximum Gasteiger partial charge on any atom is 0.321 e. The molecule has 0 aromatic carbocycles. The number of carbonyl (C=O) groups excluding carboxylic acids is 1. The van der Waals surface area contributed by atoms with Crippen LogP contribution in [0.3, 0.4) is 0 Å². The molecule has 0 aliphatic rings. The number of hydrogen-bond acceptors (Lipinski definition) is 3. The number of ether oxygens (including phenoxy) is 1. The van der Waals surface area contributed by atoms with Gasteiger partial charge in [0.15, 0.2) is 5.92 Å². The SMILES string of the molecule is CC(C)[C@@H](C(=O)O)C(=O)OC(C)(C)C. The van der Waals surface area contributed by atoms with E-state index in [-0.39, 0.29) is 5.92 Å². The van der Waals surface area contributed by atoms with Gasteiger partial charge in [0, 0.05) is 0 Å². The van der Waals surface area contributed by atoms with Gasteiger partial charge in [0.2, 0.25) is 0 Å². The van der Waals surface area contributed by atoms with Gasteiger partial charge in [0.05, 0.1) is 0 Å². The first-order valence-corrected chi connectivity index (χ1v) is 4.61. The molecule has 0 rings (SSSR count). The Bertz CT molecular complexity index is 225. The fourth-order valence-electron chi connectivity index (χ4n) is 1.02. The molecule has 4 nitrogen and oxygen atoms in total. The van der Waals surface area contributed by atoms with Gasteiger partial charge < -0.3 is 9.84 Å². The number of aliphatic carboxylic acids is 1. The molecular formula is C10H18O4. The molecule has 82 valence electrons. The highest BCUT2D eigenvalue weighted by atomic mass is 16.6. The predicted octanol–water partition coefficient (Wildman–Crippen LogP) is 1.68. The van der Waals surface area contributed by atoms with E-state index in [4.69, 9.17) is 9.84 Å². The van der Waals surface area contributed by atoms with Crippen LogP contribution in [0, 0.1) is 11.8 Å². The van der Waals surface area contributed by atoms with Crippen molar-refractivity contribution in [3.05, 3.63) is 0 Å². The molecule has 0 saturated heterocycles. The maximum atomic E-state index is 11.4. The Hall–Kier alpha value is -1.06. The minimum Gasteiger partial charge on any atom is -0.481 e. The van der Waals surface area contributed by atoms with Crippen molar-refractivity contribution < 1.29 is 19.4 Å². The van der Waals surface area contributed by atoms with E-state index in [0.29, 0.717) is 0 Å². The minimum absolute atomic E-state index is 0.262. The molecule has 1 atom stereocenters. The number of hydrogen-bond donors (Lipinski definition) is 1. The Morgan fingerprint density at radius 3 is 1.86 bits per heavy atom. The summed E-state index contributed by atoms with van der Waals surface area (Å²) >= 11 is 0. The minimum atomic E-state index is -1.13. The zero-order chi connectivity index (χ0) is 11.5. The van der Waals surface area contributed by atoms with E-state index in [1.807, 2.05) is 0 Å². The van der Waals surface area contributed by atoms with Gasteiger partial charge >= 0.3 is 11.9 Å². The van der Waals surface area contributed by atoms with Gasteiger partial charge in [0.25, 0.3) is 0 Å². The third-order valence-electron chi connectivity index (χ3n) is 1.59. The quantitative estimate of drug-likeness (QED) is 0.558. The molecule has 0 spiro atoms. The number of carboxylic acid groups (broad SMARTS) is 1. The van der Waals surface area contributed by atoms with E-state index in [2.05, 4.69) is 0 Å². The summed E-state index contributed by atoms with van der Waals surface area (Å²) in [5.74, 6) is -3.13. The Morgan fingerprint density at radius 2 is 1.64 bits per heavy atom. The van der Waals surface area contributed by atoms with Crippen molar-refractivity contribution in [3.63, 3.8) is 0 Å². The number of carbonyl (C=O) groups is 2. The number of esters is 1. The monoisotopic (exact) mass is 202 g/mol. The highest BCUT2D eigenvalue weighted by molar-refractivity contribution is 5.94. The second kappa shape index (κ2) is 4.44. The van der Waals surface area contributed by atoms with Crippen molar-refractivity contribution in [1.29, 1.82) is 0 Å². The van der Waals surface area contributed by atoms with E-state index in [0.717, 1.165) is 0 Å². The van der Waals surface area contributed by atoms with Gasteiger partial charge in [-0.15, -0.1) is 0 Å². The highest BCUT2D eigenvalue weighted by Gasteiger charge is 2.33. The van der Waals surface area contributed by atoms with Crippen LogP contribution in [-0.2, 0) is 14.3 Å². The third kappa shape index (κ3) is 4.25. The van der Waals surface area contributed by atoms with Crippen LogP contribution in [0.2, 0.25) is 0 Å². The smallest absolute Gasteiger partial charge is 0.321 e. The van der Waals surface area contributed by atoms with Crippen molar-refractivity contribution in [3.8, 4) is 0 Å². The van der Waals surface area contributed by atoms with E-state index < -0.39 is 23.5 Å². The predicted molar refractivity (Wildman–Crippen MR) is 51.8 cm³/mol. The average Bonchev–Trinajstić information content (AvgIpc) is 1.78. The first-order chi connectivity index (χ1) is 6.15. The average molecular weight is 202 g/mol. The molecule has 0 unspecified atom stereocenters. The van der Waals surface area contributed by atoms with Crippen molar-refractivity contribution in [2.24, 2.45) is 11.8 Å². The lowest BCUT2D eigenvalue weighted by Crippen LogP contribution is -2.35. The molecule has 0 aliphatic carbocycles. The second-order valence-electron chi connectivity index (χ2n) is 4.59. The molecule has 0 aromatic heterocycles. The molecule has 0 fully saturated rings. The van der Waals surface area contributed by atoms with Gasteiger partial charge in [-0.05, 0) is 26.7 Å². The number of carboxylic acids is 1. The van der Waals surface area contributed by atoms with Crippen LogP contribution in [0.5, 0.6) is 0 Å². The fourth-order valence-corrected chi connectivity index (χ4v) is 1.02. The zero-order valence-corrected chi connectivity index (χ0v) is 9.33. The topological polar surface area (TPSA) is 63.6 Å². The summed E-state index contributed by atoms with van der Waals surface area (Å²) in [5, 5.41) is 8.81. The molecule has 0 radical (unpaired) electrons. The lowest BCUT2D eigenvalue weighted by Gasteiger charge is -2.23. The molecule has 0 aliphatic heterocycles. The van der Waals surface area contributed by atoms with Gasteiger partial charge in [-0.2, -0.15) is 0 Å². The third-order valence-corrected chi connectivity index (χ3v) is 1.59. The molecule has 0 bridgehead atoms. The first-order valence-electron chi connectivity index (χ1n) is 4.61. The Morgan fingerprint density at radius 1 is 1.21 bits per heavy atom. The van der Waals surface area contributed by atoms with Crippen LogP contribution in [0.15, 0.2) is 0 Å². The van der Waals surface area contributed by atoms with Crippen LogP contribution in [0.4, 0.5) is 0 Å². The Balaban J connectivity index is 4.55. The highest BCUT2D eigenvalue weighted by Crippen LogP contribution is 2.17. The van der Waals surface area contributed by atoms with Gasteiger partial charge in [0.1, 0.15) is 5.60 Å². The van der Waals surface area contributed by atoms with Crippen LogP contribution < -0.4 is 0 Å². The summed E-state index contributed by atoms with van der Waals surface area (Å²) in [4.78, 5) is 22.2. The van der Waals surface area contributed by atoms with E-state index in [9.17, 15) is 9.59 Å². The molecule has 0 heterocycles. The summed E-state index contributed by atoms with van der Waals surface area (Å²) in [6.45, 7) is 8.50. The normalized spacial score (nSPS) is 13.9. The molecule has 0 saturated carbocycles. The van der Waals surface area contributed by atoms with Gasteiger partial charge in [-0.3, -0.25) is 9.59 Å². The van der Waals surface area contributed by atoms with Crippen LogP contribution in [0.25, 0.3) is 0 Å². The largest absolute Gasteiger partial charge is 0.481 e. The molecular weight excluding hydrogens is 184 g/mol. The Kier molecular flexibility index (Phi) is 4.10. The summed E-state index contributed by atoms with van der Waals surface area (Å²) in [6, 6.07) is 0. The van der Waals surface area contributed by atoms with Crippen LogP contribution in [0.1, 0.15) is 34.6 Å². The summed E-state index contributed by atoms with van der Waals surface area (Å²) in [7, 11) is 0. The van der Waals surface area contributed by atoms with E-state index >= 15 is 0 Å². The van der Waals surface area contributed by atoms with E-state index in [1.54, 1.807) is 34.6 Å². The van der Waals surface area contributed by atoms with Crippen molar-refractivity contribution in [2.75, 3.05) is 0 Å². The molecule has 4 heteroatoms. The summed E-state index contributed by atoms with van der Waals surface area (Å²) < 4.78 is 5.00.